The molecule has 0 amide bonds. The quantitative estimate of drug-likeness (QED) is 0.741. The number of hydrogen-bond acceptors (Lipinski definition) is 5. The van der Waals surface area contributed by atoms with Crippen LogP contribution in [0.25, 0.3) is 22.4 Å². The van der Waals surface area contributed by atoms with Gasteiger partial charge in [-0.1, -0.05) is 17.7 Å². The van der Waals surface area contributed by atoms with E-state index in [4.69, 9.17) is 15.2 Å². The molecule has 2 N–H and O–H groups in total. The Bertz CT molecular complexity index is 1030. The smallest absolute Gasteiger partial charge is 0.142 e. The summed E-state index contributed by atoms with van der Waals surface area (Å²) in [5.74, 6) is 1.47. The summed E-state index contributed by atoms with van der Waals surface area (Å²) < 4.78 is 10.7. The van der Waals surface area contributed by atoms with Crippen LogP contribution in [0.1, 0.15) is 16.7 Å². The van der Waals surface area contributed by atoms with Gasteiger partial charge in [0.25, 0.3) is 0 Å². The standard InChI is InChI=1S/C22H21N3O2/c1-13-5-6-14(2)18(7-13)21-11-19(20(12-23)22(24)25-21)15-8-16(26-3)10-17(9-15)27-4/h5-11H,1-4H3,(H2,24,25). The number of ether oxygens (including phenoxy) is 2. The summed E-state index contributed by atoms with van der Waals surface area (Å²) in [5, 5.41) is 9.64. The molecule has 0 bridgehead atoms. The Balaban J connectivity index is 2.29. The number of nitriles is 1. The second-order valence-corrected chi connectivity index (χ2v) is 6.35. The van der Waals surface area contributed by atoms with Gasteiger partial charge in [-0.3, -0.25) is 0 Å². The molecule has 0 aliphatic carbocycles. The molecule has 1 aromatic heterocycles. The molecule has 0 spiro atoms. The number of hydrogen-bond donors (Lipinski definition) is 1. The van der Waals surface area contributed by atoms with E-state index in [-0.39, 0.29) is 5.82 Å². The maximum absolute atomic E-state index is 9.64. The van der Waals surface area contributed by atoms with E-state index in [9.17, 15) is 5.26 Å². The molecule has 27 heavy (non-hydrogen) atoms. The van der Waals surface area contributed by atoms with Crippen molar-refractivity contribution in [3.63, 3.8) is 0 Å². The summed E-state index contributed by atoms with van der Waals surface area (Å²) in [7, 11) is 3.18. The molecule has 0 aliphatic rings. The number of aromatic nitrogens is 1. The predicted octanol–water partition coefficient (Wildman–Crippen LogP) is 4.50. The zero-order chi connectivity index (χ0) is 19.6. The Morgan fingerprint density at radius 2 is 1.59 bits per heavy atom. The molecule has 0 saturated carbocycles. The molecule has 0 fully saturated rings. The van der Waals surface area contributed by atoms with Gasteiger partial charge < -0.3 is 15.2 Å². The molecule has 136 valence electrons. The van der Waals surface area contributed by atoms with Crippen LogP contribution in [0.3, 0.4) is 0 Å². The first-order chi connectivity index (χ1) is 13.0. The van der Waals surface area contributed by atoms with Crippen molar-refractivity contribution in [3.05, 3.63) is 59.2 Å². The van der Waals surface area contributed by atoms with Gasteiger partial charge in [-0.2, -0.15) is 5.26 Å². The highest BCUT2D eigenvalue weighted by molar-refractivity contribution is 5.82. The Morgan fingerprint density at radius 3 is 2.19 bits per heavy atom. The molecule has 5 heteroatoms. The molecular weight excluding hydrogens is 338 g/mol. The minimum Gasteiger partial charge on any atom is -0.497 e. The van der Waals surface area contributed by atoms with Gasteiger partial charge in [0.2, 0.25) is 0 Å². The summed E-state index contributed by atoms with van der Waals surface area (Å²) >= 11 is 0. The fourth-order valence-electron chi connectivity index (χ4n) is 3.02. The van der Waals surface area contributed by atoms with E-state index in [1.54, 1.807) is 20.3 Å². The molecule has 0 radical (unpaired) electrons. The number of pyridine rings is 1. The second kappa shape index (κ2) is 7.38. The third-order valence-corrected chi connectivity index (χ3v) is 4.49. The third-order valence-electron chi connectivity index (χ3n) is 4.49. The summed E-state index contributed by atoms with van der Waals surface area (Å²) in [6.45, 7) is 4.06. The molecule has 2 aromatic carbocycles. The average Bonchev–Trinajstić information content (AvgIpc) is 2.68. The van der Waals surface area contributed by atoms with Crippen molar-refractivity contribution in [2.45, 2.75) is 13.8 Å². The SMILES string of the molecule is COc1cc(OC)cc(-c2cc(-c3cc(C)ccc3C)nc(N)c2C#N)c1. The normalized spacial score (nSPS) is 10.3. The predicted molar refractivity (Wildman–Crippen MR) is 107 cm³/mol. The topological polar surface area (TPSA) is 81.2 Å². The molecule has 0 aliphatic heterocycles. The molecule has 5 nitrogen and oxygen atoms in total. The molecule has 0 atom stereocenters. The van der Waals surface area contributed by atoms with E-state index in [0.717, 1.165) is 27.9 Å². The minimum absolute atomic E-state index is 0.202. The number of anilines is 1. The summed E-state index contributed by atoms with van der Waals surface area (Å²) in [6.07, 6.45) is 0. The van der Waals surface area contributed by atoms with Crippen LogP contribution >= 0.6 is 0 Å². The molecule has 0 unspecified atom stereocenters. The highest BCUT2D eigenvalue weighted by Crippen LogP contribution is 2.36. The highest BCUT2D eigenvalue weighted by Gasteiger charge is 2.16. The van der Waals surface area contributed by atoms with Crippen molar-refractivity contribution in [1.29, 1.82) is 5.26 Å². The minimum atomic E-state index is 0.202. The number of methoxy groups -OCH3 is 2. The van der Waals surface area contributed by atoms with Crippen molar-refractivity contribution < 1.29 is 9.47 Å². The van der Waals surface area contributed by atoms with E-state index in [0.29, 0.717) is 22.6 Å². The van der Waals surface area contributed by atoms with Crippen molar-refractivity contribution in [2.24, 2.45) is 0 Å². The molecule has 0 saturated heterocycles. The van der Waals surface area contributed by atoms with Crippen LogP contribution in [-0.4, -0.2) is 19.2 Å². The van der Waals surface area contributed by atoms with Gasteiger partial charge in [-0.15, -0.1) is 0 Å². The Morgan fingerprint density at radius 1 is 0.926 bits per heavy atom. The second-order valence-electron chi connectivity index (χ2n) is 6.35. The van der Waals surface area contributed by atoms with E-state index >= 15 is 0 Å². The van der Waals surface area contributed by atoms with Gasteiger partial charge in [-0.05, 0) is 49.2 Å². The monoisotopic (exact) mass is 359 g/mol. The van der Waals surface area contributed by atoms with Crippen molar-refractivity contribution in [3.8, 4) is 40.0 Å². The lowest BCUT2D eigenvalue weighted by molar-refractivity contribution is 0.394. The van der Waals surface area contributed by atoms with Crippen LogP contribution in [0.5, 0.6) is 11.5 Å². The number of nitrogens with zero attached hydrogens (tertiary/aromatic N) is 2. The number of nitrogen functional groups attached to an aromatic ring is 1. The van der Waals surface area contributed by atoms with Crippen molar-refractivity contribution in [1.82, 2.24) is 4.98 Å². The third kappa shape index (κ3) is 3.56. The molecular formula is C22H21N3O2. The van der Waals surface area contributed by atoms with Crippen LogP contribution in [0.4, 0.5) is 5.82 Å². The van der Waals surface area contributed by atoms with E-state index in [1.165, 1.54) is 0 Å². The summed E-state index contributed by atoms with van der Waals surface area (Å²) in [6, 6.07) is 15.7. The lowest BCUT2D eigenvalue weighted by atomic mass is 9.96. The van der Waals surface area contributed by atoms with E-state index in [1.807, 2.05) is 32.0 Å². The lowest BCUT2D eigenvalue weighted by Gasteiger charge is -2.14. The van der Waals surface area contributed by atoms with Crippen LogP contribution < -0.4 is 15.2 Å². The lowest BCUT2D eigenvalue weighted by Crippen LogP contribution is -2.01. The largest absolute Gasteiger partial charge is 0.497 e. The van der Waals surface area contributed by atoms with Gasteiger partial charge in [0.05, 0.1) is 19.9 Å². The van der Waals surface area contributed by atoms with E-state index < -0.39 is 0 Å². The van der Waals surface area contributed by atoms with Gasteiger partial charge >= 0.3 is 0 Å². The molecule has 1 heterocycles. The van der Waals surface area contributed by atoms with E-state index in [2.05, 4.69) is 29.3 Å². The van der Waals surface area contributed by atoms with Gasteiger partial charge in [0.1, 0.15) is 28.9 Å². The number of benzene rings is 2. The Kier molecular flexibility index (Phi) is 5.00. The number of nitrogens with two attached hydrogens (primary N) is 1. The van der Waals surface area contributed by atoms with Crippen LogP contribution in [0, 0.1) is 25.2 Å². The van der Waals surface area contributed by atoms with Crippen LogP contribution in [0.2, 0.25) is 0 Å². The molecule has 3 aromatic rings. The van der Waals surface area contributed by atoms with Crippen molar-refractivity contribution >= 4 is 5.82 Å². The van der Waals surface area contributed by atoms with Crippen LogP contribution in [-0.2, 0) is 0 Å². The zero-order valence-corrected chi connectivity index (χ0v) is 15.8. The van der Waals surface area contributed by atoms with Gasteiger partial charge in [0, 0.05) is 17.2 Å². The molecule has 3 rings (SSSR count). The first kappa shape index (κ1) is 18.3. The number of rotatable bonds is 4. The zero-order valence-electron chi connectivity index (χ0n) is 15.8. The highest BCUT2D eigenvalue weighted by atomic mass is 16.5. The first-order valence-corrected chi connectivity index (χ1v) is 8.48. The Hall–Kier alpha value is -3.52. The van der Waals surface area contributed by atoms with Gasteiger partial charge in [0.15, 0.2) is 0 Å². The average molecular weight is 359 g/mol. The fraction of sp³-hybridized carbons (Fsp3) is 0.182. The number of aryl methyl sites for hydroxylation is 2. The maximum Gasteiger partial charge on any atom is 0.142 e. The fourth-order valence-corrected chi connectivity index (χ4v) is 3.02. The maximum atomic E-state index is 9.64. The summed E-state index contributed by atoms with van der Waals surface area (Å²) in [4.78, 5) is 4.48. The van der Waals surface area contributed by atoms with Crippen molar-refractivity contribution in [2.75, 3.05) is 20.0 Å². The van der Waals surface area contributed by atoms with Gasteiger partial charge in [-0.25, -0.2) is 4.98 Å². The first-order valence-electron chi connectivity index (χ1n) is 8.48. The summed E-state index contributed by atoms with van der Waals surface area (Å²) in [5.41, 5.74) is 11.9. The Labute approximate surface area is 159 Å². The van der Waals surface area contributed by atoms with Crippen LogP contribution in [0.15, 0.2) is 42.5 Å².